The summed E-state index contributed by atoms with van der Waals surface area (Å²) >= 11 is 1.28. The van der Waals surface area contributed by atoms with Crippen molar-refractivity contribution >= 4 is 21.4 Å². The molecule has 0 unspecified atom stereocenters. The van der Waals surface area contributed by atoms with Gasteiger partial charge in [-0.05, 0) is 17.7 Å². The lowest BCUT2D eigenvalue weighted by Crippen LogP contribution is -1.79. The minimum Gasteiger partial charge on any atom is -0.206 e. The fraction of sp³-hybridized carbons (Fsp3) is 0. The second-order valence-corrected chi connectivity index (χ2v) is 4.78. The number of halogens is 2. The molecule has 0 N–H and O–H groups in total. The van der Waals surface area contributed by atoms with Crippen molar-refractivity contribution in [3.8, 4) is 10.4 Å². The number of hydrogen-bond acceptors (Lipinski definition) is 1. The van der Waals surface area contributed by atoms with Crippen molar-refractivity contribution in [2.75, 3.05) is 0 Å². The van der Waals surface area contributed by atoms with Gasteiger partial charge in [-0.25, -0.2) is 8.78 Å². The molecule has 0 nitrogen and oxygen atoms in total. The van der Waals surface area contributed by atoms with E-state index in [1.807, 2.05) is 30.3 Å². The van der Waals surface area contributed by atoms with Crippen LogP contribution < -0.4 is 0 Å². The molecule has 0 atom stereocenters. The van der Waals surface area contributed by atoms with E-state index in [9.17, 15) is 8.78 Å². The van der Waals surface area contributed by atoms with Crippen LogP contribution in [0.4, 0.5) is 8.78 Å². The molecule has 0 spiro atoms. The SMILES string of the molecule is Fc1cccc2sc(-c3ccccc3)c(F)c12. The van der Waals surface area contributed by atoms with Gasteiger partial charge in [-0.15, -0.1) is 11.3 Å². The standard InChI is InChI=1S/C14H8F2S/c15-10-7-4-8-11-12(10)13(16)14(17-11)9-5-2-1-3-6-9/h1-8H. The summed E-state index contributed by atoms with van der Waals surface area (Å²) in [6, 6.07) is 13.8. The molecule has 0 saturated carbocycles. The predicted octanol–water partition coefficient (Wildman–Crippen LogP) is 4.85. The van der Waals surface area contributed by atoms with Crippen molar-refractivity contribution in [2.45, 2.75) is 0 Å². The molecule has 1 heterocycles. The Morgan fingerprint density at radius 2 is 1.59 bits per heavy atom. The summed E-state index contributed by atoms with van der Waals surface area (Å²) in [5, 5.41) is 0.0938. The smallest absolute Gasteiger partial charge is 0.152 e. The number of thiophene rings is 1. The van der Waals surface area contributed by atoms with Gasteiger partial charge in [-0.1, -0.05) is 36.4 Å². The third-order valence-electron chi connectivity index (χ3n) is 2.64. The van der Waals surface area contributed by atoms with Gasteiger partial charge in [0.25, 0.3) is 0 Å². The maximum atomic E-state index is 14.1. The van der Waals surface area contributed by atoms with E-state index in [4.69, 9.17) is 0 Å². The van der Waals surface area contributed by atoms with Gasteiger partial charge >= 0.3 is 0 Å². The molecule has 0 aliphatic heterocycles. The Hall–Kier alpha value is -1.74. The minimum absolute atomic E-state index is 0.0938. The van der Waals surface area contributed by atoms with Gasteiger partial charge in [-0.3, -0.25) is 0 Å². The van der Waals surface area contributed by atoms with Crippen molar-refractivity contribution in [3.05, 3.63) is 60.2 Å². The minimum atomic E-state index is -0.501. The third kappa shape index (κ3) is 1.63. The molecule has 84 valence electrons. The van der Waals surface area contributed by atoms with E-state index in [-0.39, 0.29) is 5.39 Å². The van der Waals surface area contributed by atoms with Crippen LogP contribution in [-0.2, 0) is 0 Å². The maximum Gasteiger partial charge on any atom is 0.152 e. The van der Waals surface area contributed by atoms with Crippen LogP contribution in [0.2, 0.25) is 0 Å². The molecule has 0 amide bonds. The highest BCUT2D eigenvalue weighted by Crippen LogP contribution is 2.38. The first-order valence-electron chi connectivity index (χ1n) is 5.19. The van der Waals surface area contributed by atoms with E-state index in [1.165, 1.54) is 17.4 Å². The summed E-state index contributed by atoms with van der Waals surface area (Å²) in [6.45, 7) is 0. The lowest BCUT2D eigenvalue weighted by molar-refractivity contribution is 0.612. The monoisotopic (exact) mass is 246 g/mol. The van der Waals surface area contributed by atoms with Gasteiger partial charge < -0.3 is 0 Å². The van der Waals surface area contributed by atoms with Gasteiger partial charge in [0.2, 0.25) is 0 Å². The van der Waals surface area contributed by atoms with Gasteiger partial charge in [0.1, 0.15) is 5.82 Å². The Labute approximate surface area is 101 Å². The third-order valence-corrected chi connectivity index (χ3v) is 3.82. The first-order chi connectivity index (χ1) is 8.27. The number of hydrogen-bond donors (Lipinski definition) is 0. The number of rotatable bonds is 1. The van der Waals surface area contributed by atoms with E-state index in [2.05, 4.69) is 0 Å². The largest absolute Gasteiger partial charge is 0.206 e. The van der Waals surface area contributed by atoms with Gasteiger partial charge in [-0.2, -0.15) is 0 Å². The molecule has 3 heteroatoms. The summed E-state index contributed by atoms with van der Waals surface area (Å²) in [4.78, 5) is 0.491. The average Bonchev–Trinajstić information content (AvgIpc) is 2.69. The number of fused-ring (bicyclic) bond motifs is 1. The maximum absolute atomic E-state index is 14.1. The summed E-state index contributed by atoms with van der Waals surface area (Å²) in [7, 11) is 0. The lowest BCUT2D eigenvalue weighted by atomic mass is 10.1. The van der Waals surface area contributed by atoms with Crippen molar-refractivity contribution in [1.82, 2.24) is 0 Å². The Bertz CT molecular complexity index is 671. The molecular formula is C14H8F2S. The van der Waals surface area contributed by atoms with Crippen LogP contribution in [0.15, 0.2) is 48.5 Å². The highest BCUT2D eigenvalue weighted by molar-refractivity contribution is 7.22. The Balaban J connectivity index is 2.33. The van der Waals surface area contributed by atoms with E-state index in [0.29, 0.717) is 9.58 Å². The van der Waals surface area contributed by atoms with E-state index < -0.39 is 11.6 Å². The predicted molar refractivity (Wildman–Crippen MR) is 67.2 cm³/mol. The van der Waals surface area contributed by atoms with Crippen LogP contribution in [0.3, 0.4) is 0 Å². The fourth-order valence-corrected chi connectivity index (χ4v) is 2.95. The molecular weight excluding hydrogens is 238 g/mol. The van der Waals surface area contributed by atoms with Crippen molar-refractivity contribution in [1.29, 1.82) is 0 Å². The zero-order valence-electron chi connectivity index (χ0n) is 8.78. The fourth-order valence-electron chi connectivity index (χ4n) is 1.85. The average molecular weight is 246 g/mol. The van der Waals surface area contributed by atoms with Crippen LogP contribution in [0, 0.1) is 11.6 Å². The highest BCUT2D eigenvalue weighted by atomic mass is 32.1. The van der Waals surface area contributed by atoms with E-state index in [0.717, 1.165) is 5.56 Å². The zero-order valence-corrected chi connectivity index (χ0v) is 9.60. The molecule has 0 aliphatic rings. The molecule has 0 aliphatic carbocycles. The normalized spacial score (nSPS) is 10.9. The quantitative estimate of drug-likeness (QED) is 0.576. The first-order valence-corrected chi connectivity index (χ1v) is 6.01. The molecule has 3 rings (SSSR count). The molecule has 0 fully saturated rings. The van der Waals surface area contributed by atoms with Crippen LogP contribution in [0.25, 0.3) is 20.5 Å². The summed E-state index contributed by atoms with van der Waals surface area (Å²) < 4.78 is 28.3. The molecule has 0 radical (unpaired) electrons. The van der Waals surface area contributed by atoms with E-state index >= 15 is 0 Å². The topological polar surface area (TPSA) is 0 Å². The van der Waals surface area contributed by atoms with Crippen LogP contribution in [-0.4, -0.2) is 0 Å². The summed E-state index contributed by atoms with van der Waals surface area (Å²) in [5.41, 5.74) is 0.783. The summed E-state index contributed by atoms with van der Waals surface area (Å²) in [6.07, 6.45) is 0. The summed E-state index contributed by atoms with van der Waals surface area (Å²) in [5.74, 6) is -0.965. The second-order valence-electron chi connectivity index (χ2n) is 3.72. The molecule has 17 heavy (non-hydrogen) atoms. The van der Waals surface area contributed by atoms with Crippen molar-refractivity contribution in [3.63, 3.8) is 0 Å². The zero-order chi connectivity index (χ0) is 11.8. The van der Waals surface area contributed by atoms with E-state index in [1.54, 1.807) is 12.1 Å². The Morgan fingerprint density at radius 3 is 2.29 bits per heavy atom. The van der Waals surface area contributed by atoms with Crippen LogP contribution in [0.1, 0.15) is 0 Å². The number of benzene rings is 2. The molecule has 0 saturated heterocycles. The lowest BCUT2D eigenvalue weighted by Gasteiger charge is -1.96. The first kappa shape index (κ1) is 10.4. The molecule has 2 aromatic carbocycles. The van der Waals surface area contributed by atoms with Crippen LogP contribution in [0.5, 0.6) is 0 Å². The van der Waals surface area contributed by atoms with Crippen molar-refractivity contribution < 1.29 is 8.78 Å². The molecule has 1 aromatic heterocycles. The Morgan fingerprint density at radius 1 is 0.824 bits per heavy atom. The Kier molecular flexibility index (Phi) is 2.41. The van der Waals surface area contributed by atoms with Gasteiger partial charge in [0.15, 0.2) is 5.82 Å². The molecule has 0 bridgehead atoms. The highest BCUT2D eigenvalue weighted by Gasteiger charge is 2.16. The second kappa shape index (κ2) is 3.93. The van der Waals surface area contributed by atoms with Crippen LogP contribution >= 0.6 is 11.3 Å². The van der Waals surface area contributed by atoms with Crippen molar-refractivity contribution in [2.24, 2.45) is 0 Å². The molecule has 3 aromatic rings. The van der Waals surface area contributed by atoms with Gasteiger partial charge in [0.05, 0.1) is 10.3 Å². The van der Waals surface area contributed by atoms with Gasteiger partial charge in [0, 0.05) is 4.70 Å².